The molecular formula is C14H27N3. The lowest BCUT2D eigenvalue weighted by atomic mass is 10.2. The molecule has 1 aromatic heterocycles. The van der Waals surface area contributed by atoms with Gasteiger partial charge in [0.05, 0.1) is 0 Å². The minimum Gasteiger partial charge on any atom is -0.354 e. The number of hydrogen-bond acceptors (Lipinski definition) is 2. The van der Waals surface area contributed by atoms with Gasteiger partial charge in [-0.05, 0) is 52.0 Å². The first kappa shape index (κ1) is 14.3. The Morgan fingerprint density at radius 2 is 2.18 bits per heavy atom. The summed E-state index contributed by atoms with van der Waals surface area (Å²) in [7, 11) is 4.25. The van der Waals surface area contributed by atoms with E-state index in [1.54, 1.807) is 0 Å². The van der Waals surface area contributed by atoms with Gasteiger partial charge in [-0.25, -0.2) is 0 Å². The molecule has 0 saturated carbocycles. The molecule has 3 heteroatoms. The predicted molar refractivity (Wildman–Crippen MR) is 74.2 cm³/mol. The van der Waals surface area contributed by atoms with Crippen molar-refractivity contribution in [2.45, 2.75) is 45.8 Å². The average molecular weight is 237 g/mol. The molecule has 1 unspecified atom stereocenters. The fourth-order valence-electron chi connectivity index (χ4n) is 1.84. The van der Waals surface area contributed by atoms with Crippen molar-refractivity contribution in [3.05, 3.63) is 24.0 Å². The molecule has 3 nitrogen and oxygen atoms in total. The molecule has 1 rings (SSSR count). The first-order valence-electron chi connectivity index (χ1n) is 6.64. The molecule has 0 aromatic carbocycles. The first-order valence-corrected chi connectivity index (χ1v) is 6.64. The van der Waals surface area contributed by atoms with E-state index in [2.05, 4.69) is 61.2 Å². The van der Waals surface area contributed by atoms with Gasteiger partial charge < -0.3 is 14.8 Å². The van der Waals surface area contributed by atoms with E-state index in [-0.39, 0.29) is 0 Å². The molecule has 1 aromatic rings. The molecule has 0 aliphatic rings. The van der Waals surface area contributed by atoms with E-state index in [0.29, 0.717) is 6.04 Å². The normalized spacial score (nSPS) is 13.2. The zero-order valence-corrected chi connectivity index (χ0v) is 11.7. The van der Waals surface area contributed by atoms with Crippen molar-refractivity contribution < 1.29 is 0 Å². The van der Waals surface area contributed by atoms with Crippen molar-refractivity contribution >= 4 is 0 Å². The summed E-state index contributed by atoms with van der Waals surface area (Å²) in [4.78, 5) is 2.23. The van der Waals surface area contributed by atoms with Crippen molar-refractivity contribution in [2.24, 2.45) is 0 Å². The van der Waals surface area contributed by atoms with Crippen LogP contribution >= 0.6 is 0 Å². The van der Waals surface area contributed by atoms with Gasteiger partial charge >= 0.3 is 0 Å². The van der Waals surface area contributed by atoms with Gasteiger partial charge in [-0.2, -0.15) is 0 Å². The second kappa shape index (κ2) is 7.51. The highest BCUT2D eigenvalue weighted by Crippen LogP contribution is 2.03. The van der Waals surface area contributed by atoms with Gasteiger partial charge in [0.1, 0.15) is 0 Å². The van der Waals surface area contributed by atoms with Crippen LogP contribution in [0.3, 0.4) is 0 Å². The van der Waals surface area contributed by atoms with E-state index in [4.69, 9.17) is 0 Å². The maximum atomic E-state index is 3.57. The highest BCUT2D eigenvalue weighted by Gasteiger charge is 2.03. The Morgan fingerprint density at radius 3 is 2.82 bits per heavy atom. The van der Waals surface area contributed by atoms with E-state index < -0.39 is 0 Å². The fraction of sp³-hybridized carbons (Fsp3) is 0.714. The molecule has 1 atom stereocenters. The van der Waals surface area contributed by atoms with E-state index in [1.807, 2.05) is 0 Å². The summed E-state index contributed by atoms with van der Waals surface area (Å²) < 4.78 is 2.27. The summed E-state index contributed by atoms with van der Waals surface area (Å²) in [5.41, 5.74) is 1.38. The summed E-state index contributed by atoms with van der Waals surface area (Å²) in [6.07, 6.45) is 6.81. The Bertz CT molecular complexity index is 304. The minimum absolute atomic E-state index is 0.576. The van der Waals surface area contributed by atoms with Crippen LogP contribution in [0.15, 0.2) is 18.5 Å². The number of rotatable bonds is 8. The molecule has 0 aliphatic heterocycles. The first-order chi connectivity index (χ1) is 8.11. The standard InChI is InChI=1S/C14H27N3/c1-5-8-17-10-7-14(12-17)11-15-13(2)6-9-16(3)4/h7,10,12-13,15H,5-6,8-9,11H2,1-4H3. The summed E-state index contributed by atoms with van der Waals surface area (Å²) in [6.45, 7) is 7.71. The third-order valence-electron chi connectivity index (χ3n) is 2.96. The van der Waals surface area contributed by atoms with E-state index in [0.717, 1.165) is 19.6 Å². The fourth-order valence-corrected chi connectivity index (χ4v) is 1.84. The molecule has 0 bridgehead atoms. The third kappa shape index (κ3) is 5.89. The minimum atomic E-state index is 0.576. The molecule has 0 spiro atoms. The smallest absolute Gasteiger partial charge is 0.0223 e. The summed E-state index contributed by atoms with van der Waals surface area (Å²) in [6, 6.07) is 2.79. The molecule has 0 amide bonds. The zero-order valence-electron chi connectivity index (χ0n) is 11.7. The highest BCUT2D eigenvalue weighted by atomic mass is 15.1. The van der Waals surface area contributed by atoms with Gasteiger partial charge in [-0.15, -0.1) is 0 Å². The molecule has 0 fully saturated rings. The molecule has 17 heavy (non-hydrogen) atoms. The van der Waals surface area contributed by atoms with Crippen LogP contribution in [0.25, 0.3) is 0 Å². The van der Waals surface area contributed by atoms with Gasteiger partial charge in [0.2, 0.25) is 0 Å². The van der Waals surface area contributed by atoms with Gasteiger partial charge in [0, 0.05) is 31.5 Å². The van der Waals surface area contributed by atoms with E-state index in [9.17, 15) is 0 Å². The SMILES string of the molecule is CCCn1ccc(CNC(C)CCN(C)C)c1. The predicted octanol–water partition coefficient (Wildman–Crippen LogP) is 2.33. The lowest BCUT2D eigenvalue weighted by molar-refractivity contribution is 0.365. The zero-order chi connectivity index (χ0) is 12.7. The summed E-state index contributed by atoms with van der Waals surface area (Å²) in [5, 5.41) is 3.57. The maximum Gasteiger partial charge on any atom is 0.0223 e. The lowest BCUT2D eigenvalue weighted by Gasteiger charge is -2.16. The largest absolute Gasteiger partial charge is 0.354 e. The monoisotopic (exact) mass is 237 g/mol. The molecule has 1 N–H and O–H groups in total. The van der Waals surface area contributed by atoms with Crippen LogP contribution in [-0.4, -0.2) is 36.1 Å². The molecule has 0 saturated heterocycles. The summed E-state index contributed by atoms with van der Waals surface area (Å²) in [5.74, 6) is 0. The number of nitrogens with one attached hydrogen (secondary N) is 1. The summed E-state index contributed by atoms with van der Waals surface area (Å²) >= 11 is 0. The van der Waals surface area contributed by atoms with E-state index in [1.165, 1.54) is 18.4 Å². The average Bonchev–Trinajstić information content (AvgIpc) is 2.72. The molecule has 1 heterocycles. The Labute approximate surface area is 106 Å². The van der Waals surface area contributed by atoms with Crippen LogP contribution in [0.5, 0.6) is 0 Å². The van der Waals surface area contributed by atoms with Crippen molar-refractivity contribution in [3.8, 4) is 0 Å². The molecule has 0 aliphatic carbocycles. The van der Waals surface area contributed by atoms with Gasteiger partial charge in [-0.1, -0.05) is 6.92 Å². The number of aryl methyl sites for hydroxylation is 1. The Hall–Kier alpha value is -0.800. The number of nitrogens with zero attached hydrogens (tertiary/aromatic N) is 2. The van der Waals surface area contributed by atoms with Crippen molar-refractivity contribution in [3.63, 3.8) is 0 Å². The van der Waals surface area contributed by atoms with Gasteiger partial charge in [0.25, 0.3) is 0 Å². The topological polar surface area (TPSA) is 20.2 Å². The van der Waals surface area contributed by atoms with Crippen LogP contribution in [0.2, 0.25) is 0 Å². The maximum absolute atomic E-state index is 3.57. The molecule has 0 radical (unpaired) electrons. The van der Waals surface area contributed by atoms with Crippen LogP contribution in [-0.2, 0) is 13.1 Å². The van der Waals surface area contributed by atoms with Gasteiger partial charge in [-0.3, -0.25) is 0 Å². The van der Waals surface area contributed by atoms with Crippen LogP contribution in [0, 0.1) is 0 Å². The number of hydrogen-bond donors (Lipinski definition) is 1. The second-order valence-electron chi connectivity index (χ2n) is 5.13. The molecule has 98 valence electrons. The van der Waals surface area contributed by atoms with Crippen molar-refractivity contribution in [1.29, 1.82) is 0 Å². The molecular weight excluding hydrogens is 210 g/mol. The highest BCUT2D eigenvalue weighted by molar-refractivity contribution is 5.09. The lowest BCUT2D eigenvalue weighted by Crippen LogP contribution is -2.29. The van der Waals surface area contributed by atoms with Crippen molar-refractivity contribution in [2.75, 3.05) is 20.6 Å². The van der Waals surface area contributed by atoms with Gasteiger partial charge in [0.15, 0.2) is 0 Å². The third-order valence-corrected chi connectivity index (χ3v) is 2.96. The van der Waals surface area contributed by atoms with Crippen molar-refractivity contribution in [1.82, 2.24) is 14.8 Å². The Morgan fingerprint density at radius 1 is 1.41 bits per heavy atom. The quantitative estimate of drug-likeness (QED) is 0.749. The number of aromatic nitrogens is 1. The Kier molecular flexibility index (Phi) is 6.30. The van der Waals surface area contributed by atoms with Crippen LogP contribution in [0.4, 0.5) is 0 Å². The van der Waals surface area contributed by atoms with E-state index >= 15 is 0 Å². The Balaban J connectivity index is 2.24. The van der Waals surface area contributed by atoms with Crippen LogP contribution in [0.1, 0.15) is 32.3 Å². The second-order valence-corrected chi connectivity index (χ2v) is 5.13. The van der Waals surface area contributed by atoms with Crippen LogP contribution < -0.4 is 5.32 Å².